The van der Waals surface area contributed by atoms with Gasteiger partial charge in [-0.1, -0.05) is 61.7 Å². The minimum absolute atomic E-state index is 0.0147. The maximum atomic E-state index is 15.4. The molecule has 1 aliphatic heterocycles. The van der Waals surface area contributed by atoms with Gasteiger partial charge in [0.15, 0.2) is 0 Å². The first-order valence-electron chi connectivity index (χ1n) is 16.2. The third-order valence-electron chi connectivity index (χ3n) is 9.43. The summed E-state index contributed by atoms with van der Waals surface area (Å²) in [6.45, 7) is 3.28. The van der Waals surface area contributed by atoms with E-state index in [0.717, 1.165) is 37.4 Å². The lowest BCUT2D eigenvalue weighted by atomic mass is 9.80. The molecular formula is C38H36ClF4N3O2. The fourth-order valence-corrected chi connectivity index (χ4v) is 7.25. The van der Waals surface area contributed by atoms with Gasteiger partial charge in [0, 0.05) is 28.1 Å². The SMILES string of the molecule is CCc1ccc(NC(=O)[C@H]2Cc3cc(Cl)ccc3N(C(=O)c3c(C)cccc3F)[C@H]2c2ccc(NC3CCCC3)cc2)cc1C(F)(F)F. The van der Waals surface area contributed by atoms with Crippen LogP contribution in [-0.2, 0) is 23.8 Å². The van der Waals surface area contributed by atoms with E-state index in [0.29, 0.717) is 33.4 Å². The summed E-state index contributed by atoms with van der Waals surface area (Å²) in [5.41, 5.74) is 2.14. The van der Waals surface area contributed by atoms with Crippen molar-refractivity contribution in [2.75, 3.05) is 15.5 Å². The second kappa shape index (κ2) is 13.6. The summed E-state index contributed by atoms with van der Waals surface area (Å²) in [4.78, 5) is 30.2. The van der Waals surface area contributed by atoms with Crippen LogP contribution in [0.4, 0.5) is 34.6 Å². The van der Waals surface area contributed by atoms with Crippen molar-refractivity contribution in [2.24, 2.45) is 5.92 Å². The lowest BCUT2D eigenvalue weighted by molar-refractivity contribution is -0.138. The molecule has 250 valence electrons. The van der Waals surface area contributed by atoms with E-state index in [2.05, 4.69) is 10.6 Å². The Morgan fingerprint density at radius 3 is 2.31 bits per heavy atom. The highest BCUT2D eigenvalue weighted by Crippen LogP contribution is 2.45. The zero-order valence-corrected chi connectivity index (χ0v) is 27.4. The number of alkyl halides is 3. The van der Waals surface area contributed by atoms with Gasteiger partial charge in [0.1, 0.15) is 5.82 Å². The van der Waals surface area contributed by atoms with Gasteiger partial charge in [-0.25, -0.2) is 4.39 Å². The maximum Gasteiger partial charge on any atom is 0.416 e. The largest absolute Gasteiger partial charge is 0.416 e. The summed E-state index contributed by atoms with van der Waals surface area (Å²) in [7, 11) is 0. The Labute approximate surface area is 282 Å². The van der Waals surface area contributed by atoms with Gasteiger partial charge in [-0.3, -0.25) is 14.5 Å². The van der Waals surface area contributed by atoms with E-state index in [1.807, 2.05) is 24.3 Å². The Kier molecular flexibility index (Phi) is 9.52. The second-order valence-electron chi connectivity index (χ2n) is 12.6. The number of hydrogen-bond donors (Lipinski definition) is 2. The molecule has 0 aromatic heterocycles. The van der Waals surface area contributed by atoms with Crippen LogP contribution in [0.2, 0.25) is 5.02 Å². The van der Waals surface area contributed by atoms with Crippen molar-refractivity contribution in [3.8, 4) is 0 Å². The molecule has 2 atom stereocenters. The number of halogens is 5. The fourth-order valence-electron chi connectivity index (χ4n) is 7.05. The predicted octanol–water partition coefficient (Wildman–Crippen LogP) is 9.92. The van der Waals surface area contributed by atoms with Crippen LogP contribution >= 0.6 is 11.6 Å². The molecule has 0 spiro atoms. The van der Waals surface area contributed by atoms with E-state index < -0.39 is 41.3 Å². The summed E-state index contributed by atoms with van der Waals surface area (Å²) in [5, 5.41) is 6.63. The number of benzene rings is 4. The number of carbonyl (C=O) groups is 2. The molecule has 2 aliphatic rings. The average Bonchev–Trinajstić information content (AvgIpc) is 3.56. The number of carbonyl (C=O) groups excluding carboxylic acids is 2. The van der Waals surface area contributed by atoms with E-state index in [1.54, 1.807) is 38.1 Å². The van der Waals surface area contributed by atoms with Crippen molar-refractivity contribution in [1.82, 2.24) is 0 Å². The van der Waals surface area contributed by atoms with Crippen LogP contribution in [0.25, 0.3) is 0 Å². The Morgan fingerprint density at radius 1 is 0.938 bits per heavy atom. The molecule has 48 heavy (non-hydrogen) atoms. The van der Waals surface area contributed by atoms with Crippen LogP contribution in [0.3, 0.4) is 0 Å². The Hall–Kier alpha value is -4.37. The van der Waals surface area contributed by atoms with Gasteiger partial charge in [-0.15, -0.1) is 0 Å². The molecule has 4 aromatic carbocycles. The highest BCUT2D eigenvalue weighted by Gasteiger charge is 2.44. The van der Waals surface area contributed by atoms with Crippen LogP contribution in [0, 0.1) is 18.7 Å². The minimum Gasteiger partial charge on any atom is -0.382 e. The molecule has 1 fully saturated rings. The number of fused-ring (bicyclic) bond motifs is 1. The van der Waals surface area contributed by atoms with Gasteiger partial charge in [-0.2, -0.15) is 13.2 Å². The molecule has 1 aliphatic carbocycles. The number of hydrogen-bond acceptors (Lipinski definition) is 3. The van der Waals surface area contributed by atoms with Crippen LogP contribution in [0.1, 0.15) is 76.8 Å². The van der Waals surface area contributed by atoms with Crippen LogP contribution in [0.5, 0.6) is 0 Å². The van der Waals surface area contributed by atoms with Gasteiger partial charge in [0.05, 0.1) is 23.1 Å². The molecule has 2 amide bonds. The number of anilines is 3. The molecular weight excluding hydrogens is 642 g/mol. The quantitative estimate of drug-likeness (QED) is 0.192. The summed E-state index contributed by atoms with van der Waals surface area (Å²) in [6.07, 6.45) is 0.171. The molecule has 10 heteroatoms. The van der Waals surface area contributed by atoms with Crippen molar-refractivity contribution >= 4 is 40.5 Å². The maximum absolute atomic E-state index is 15.4. The molecule has 6 rings (SSSR count). The first kappa shape index (κ1) is 33.5. The molecule has 0 radical (unpaired) electrons. The molecule has 0 saturated heterocycles. The first-order chi connectivity index (χ1) is 22.9. The van der Waals surface area contributed by atoms with Gasteiger partial charge >= 0.3 is 6.18 Å². The van der Waals surface area contributed by atoms with Crippen molar-refractivity contribution in [3.05, 3.63) is 123 Å². The van der Waals surface area contributed by atoms with E-state index in [1.165, 1.54) is 29.2 Å². The highest BCUT2D eigenvalue weighted by atomic mass is 35.5. The normalized spacial score (nSPS) is 18.0. The van der Waals surface area contributed by atoms with Crippen LogP contribution in [-0.4, -0.2) is 17.9 Å². The monoisotopic (exact) mass is 677 g/mol. The van der Waals surface area contributed by atoms with Gasteiger partial charge < -0.3 is 10.6 Å². The average molecular weight is 678 g/mol. The smallest absolute Gasteiger partial charge is 0.382 e. The first-order valence-corrected chi connectivity index (χ1v) is 16.6. The zero-order valence-electron chi connectivity index (χ0n) is 26.6. The molecule has 0 unspecified atom stereocenters. The van der Waals surface area contributed by atoms with E-state index >= 15 is 4.39 Å². The Balaban J connectivity index is 1.45. The number of rotatable bonds is 7. The van der Waals surface area contributed by atoms with E-state index in [-0.39, 0.29) is 29.7 Å². The number of amides is 2. The second-order valence-corrected chi connectivity index (χ2v) is 13.0. The summed E-state index contributed by atoms with van der Waals surface area (Å²) >= 11 is 6.38. The third-order valence-corrected chi connectivity index (χ3v) is 9.67. The molecule has 1 heterocycles. The Bertz CT molecular complexity index is 1820. The molecule has 0 bridgehead atoms. The van der Waals surface area contributed by atoms with Crippen molar-refractivity contribution in [1.29, 1.82) is 0 Å². The number of aryl methyl sites for hydroxylation is 2. The number of nitrogens with one attached hydrogen (secondary N) is 2. The standard InChI is InChI=1S/C38H36ClF4N3O2/c1-3-23-11-17-29(21-31(23)38(41,42)43)45-36(47)30-20-25-19-26(39)14-18-33(25)46(37(48)34-22(2)7-6-10-32(34)40)35(30)24-12-15-28(16-13-24)44-27-8-4-5-9-27/h6-7,10-19,21,27,30,35,44H,3-5,8-9,20H2,1-2H3,(H,45,47)/t30-,35-/m0/s1. The molecule has 1 saturated carbocycles. The van der Waals surface area contributed by atoms with Crippen molar-refractivity contribution in [2.45, 2.75) is 70.6 Å². The van der Waals surface area contributed by atoms with Crippen molar-refractivity contribution in [3.63, 3.8) is 0 Å². The highest BCUT2D eigenvalue weighted by molar-refractivity contribution is 6.30. The van der Waals surface area contributed by atoms with Crippen LogP contribution in [0.15, 0.2) is 78.9 Å². The molecule has 5 nitrogen and oxygen atoms in total. The van der Waals surface area contributed by atoms with E-state index in [9.17, 15) is 22.8 Å². The number of nitrogens with zero attached hydrogens (tertiary/aromatic N) is 1. The van der Waals surface area contributed by atoms with Gasteiger partial charge in [-0.05, 0) is 103 Å². The molecule has 4 aromatic rings. The summed E-state index contributed by atoms with van der Waals surface area (Å²) in [6, 6.07) is 20.0. The fraction of sp³-hybridized carbons (Fsp3) is 0.316. The Morgan fingerprint density at radius 2 is 1.65 bits per heavy atom. The summed E-state index contributed by atoms with van der Waals surface area (Å²) in [5.74, 6) is -2.90. The topological polar surface area (TPSA) is 61.4 Å². The van der Waals surface area contributed by atoms with Crippen LogP contribution < -0.4 is 15.5 Å². The van der Waals surface area contributed by atoms with Gasteiger partial charge in [0.2, 0.25) is 5.91 Å². The van der Waals surface area contributed by atoms with Crippen molar-refractivity contribution < 1.29 is 27.2 Å². The lowest BCUT2D eigenvalue weighted by Crippen LogP contribution is -2.47. The minimum atomic E-state index is -4.61. The predicted molar refractivity (Wildman–Crippen MR) is 181 cm³/mol. The van der Waals surface area contributed by atoms with Gasteiger partial charge in [0.25, 0.3) is 5.91 Å². The summed E-state index contributed by atoms with van der Waals surface area (Å²) < 4.78 is 57.1. The lowest BCUT2D eigenvalue weighted by Gasteiger charge is -2.42. The zero-order chi connectivity index (χ0) is 34.2. The molecule has 2 N–H and O–H groups in total. The third kappa shape index (κ3) is 6.79. The van der Waals surface area contributed by atoms with E-state index in [4.69, 9.17) is 11.6 Å².